The van der Waals surface area contributed by atoms with Crippen LogP contribution >= 0.6 is 11.3 Å². The molecule has 0 spiro atoms. The monoisotopic (exact) mass is 449 g/mol. The molecule has 1 atom stereocenters. The molecule has 0 saturated carbocycles. The van der Waals surface area contributed by atoms with Crippen LogP contribution in [0.3, 0.4) is 0 Å². The van der Waals surface area contributed by atoms with Crippen LogP contribution in [0.4, 0.5) is 16.5 Å². The molecule has 2 amide bonds. The minimum atomic E-state index is -3.68. The van der Waals surface area contributed by atoms with Gasteiger partial charge in [0.05, 0.1) is 16.3 Å². The third kappa shape index (κ3) is 3.68. The highest BCUT2D eigenvalue weighted by Crippen LogP contribution is 2.40. The Morgan fingerprint density at radius 2 is 2.10 bits per heavy atom. The first-order valence-electron chi connectivity index (χ1n) is 9.63. The summed E-state index contributed by atoms with van der Waals surface area (Å²) < 4.78 is 26.4. The number of rotatable bonds is 5. The van der Waals surface area contributed by atoms with Crippen LogP contribution < -0.4 is 15.1 Å². The zero-order chi connectivity index (χ0) is 21.5. The second-order valence-corrected chi connectivity index (χ2v) is 10.5. The van der Waals surface area contributed by atoms with Crippen molar-refractivity contribution in [2.45, 2.75) is 30.2 Å². The Labute approximate surface area is 179 Å². The summed E-state index contributed by atoms with van der Waals surface area (Å²) in [4.78, 5) is 33.4. The minimum Gasteiger partial charge on any atom is -0.358 e. The van der Waals surface area contributed by atoms with E-state index < -0.39 is 10.0 Å². The van der Waals surface area contributed by atoms with Crippen LogP contribution in [0.25, 0.3) is 0 Å². The number of carbonyl (C=O) groups excluding carboxylic acids is 2. The topological polar surface area (TPSA) is 103 Å². The van der Waals surface area contributed by atoms with E-state index in [1.54, 1.807) is 23.7 Å². The SMILES string of the molecule is CN(C)S(=O)(=O)c1ccc2c(c1)N(CC(=O)Nc1nccs1)C(=O)[C@H]1CCCCN21. The second-order valence-electron chi connectivity index (χ2n) is 7.45. The Balaban J connectivity index is 1.73. The van der Waals surface area contributed by atoms with Crippen molar-refractivity contribution in [2.24, 2.45) is 0 Å². The first-order valence-corrected chi connectivity index (χ1v) is 11.9. The van der Waals surface area contributed by atoms with E-state index in [0.29, 0.717) is 17.2 Å². The molecule has 1 fully saturated rings. The summed E-state index contributed by atoms with van der Waals surface area (Å²) in [6.45, 7) is 0.517. The smallest absolute Gasteiger partial charge is 0.250 e. The molecule has 2 aromatic rings. The first kappa shape index (κ1) is 20.8. The van der Waals surface area contributed by atoms with Crippen molar-refractivity contribution >= 4 is 49.7 Å². The van der Waals surface area contributed by atoms with E-state index in [1.165, 1.54) is 36.4 Å². The average Bonchev–Trinajstić information content (AvgIpc) is 3.23. The molecule has 0 bridgehead atoms. The highest BCUT2D eigenvalue weighted by atomic mass is 32.2. The van der Waals surface area contributed by atoms with Crippen molar-refractivity contribution in [3.05, 3.63) is 29.8 Å². The van der Waals surface area contributed by atoms with E-state index in [9.17, 15) is 18.0 Å². The Hall–Kier alpha value is -2.50. The van der Waals surface area contributed by atoms with E-state index in [0.717, 1.165) is 29.4 Å². The molecule has 1 aromatic carbocycles. The third-order valence-electron chi connectivity index (χ3n) is 5.36. The van der Waals surface area contributed by atoms with E-state index in [2.05, 4.69) is 10.3 Å². The fourth-order valence-electron chi connectivity index (χ4n) is 3.86. The molecule has 0 radical (unpaired) electrons. The Bertz CT molecular complexity index is 1070. The van der Waals surface area contributed by atoms with Crippen molar-refractivity contribution in [1.29, 1.82) is 0 Å². The zero-order valence-corrected chi connectivity index (χ0v) is 18.4. The van der Waals surface area contributed by atoms with Gasteiger partial charge in [-0.25, -0.2) is 17.7 Å². The largest absolute Gasteiger partial charge is 0.358 e. The van der Waals surface area contributed by atoms with Crippen LogP contribution in [0.2, 0.25) is 0 Å². The van der Waals surface area contributed by atoms with Crippen molar-refractivity contribution in [1.82, 2.24) is 9.29 Å². The van der Waals surface area contributed by atoms with Crippen LogP contribution in [0.5, 0.6) is 0 Å². The molecule has 0 aliphatic carbocycles. The molecule has 4 rings (SSSR count). The molecule has 160 valence electrons. The Morgan fingerprint density at radius 1 is 1.30 bits per heavy atom. The van der Waals surface area contributed by atoms with Gasteiger partial charge in [-0.3, -0.25) is 14.5 Å². The maximum absolute atomic E-state index is 13.3. The zero-order valence-electron chi connectivity index (χ0n) is 16.7. The maximum Gasteiger partial charge on any atom is 0.250 e. The van der Waals surface area contributed by atoms with Gasteiger partial charge in [-0.1, -0.05) is 0 Å². The van der Waals surface area contributed by atoms with Crippen molar-refractivity contribution in [3.8, 4) is 0 Å². The lowest BCUT2D eigenvalue weighted by Gasteiger charge is -2.45. The number of hydrogen-bond acceptors (Lipinski definition) is 7. The predicted molar refractivity (Wildman–Crippen MR) is 115 cm³/mol. The molecule has 1 saturated heterocycles. The van der Waals surface area contributed by atoms with E-state index in [-0.39, 0.29) is 29.3 Å². The molecule has 2 aliphatic heterocycles. The quantitative estimate of drug-likeness (QED) is 0.746. The van der Waals surface area contributed by atoms with E-state index in [1.807, 2.05) is 4.90 Å². The van der Waals surface area contributed by atoms with Crippen LogP contribution in [0.1, 0.15) is 19.3 Å². The molecule has 9 nitrogen and oxygen atoms in total. The van der Waals surface area contributed by atoms with E-state index in [4.69, 9.17) is 0 Å². The summed E-state index contributed by atoms with van der Waals surface area (Å²) in [5, 5.41) is 4.89. The molecule has 30 heavy (non-hydrogen) atoms. The fourth-order valence-corrected chi connectivity index (χ4v) is 5.33. The number of benzene rings is 1. The number of nitrogens with zero attached hydrogens (tertiary/aromatic N) is 4. The van der Waals surface area contributed by atoms with Crippen molar-refractivity contribution in [2.75, 3.05) is 42.3 Å². The maximum atomic E-state index is 13.3. The van der Waals surface area contributed by atoms with Gasteiger partial charge in [0.1, 0.15) is 12.6 Å². The molecule has 0 unspecified atom stereocenters. The van der Waals surface area contributed by atoms with Crippen molar-refractivity contribution < 1.29 is 18.0 Å². The van der Waals surface area contributed by atoms with Gasteiger partial charge >= 0.3 is 0 Å². The fraction of sp³-hybridized carbons (Fsp3) is 0.421. The highest BCUT2D eigenvalue weighted by Gasteiger charge is 2.40. The average molecular weight is 450 g/mol. The molecule has 11 heteroatoms. The van der Waals surface area contributed by atoms with Gasteiger partial charge < -0.3 is 10.2 Å². The van der Waals surface area contributed by atoms with Gasteiger partial charge in [0.2, 0.25) is 21.8 Å². The normalized spacial score (nSPS) is 18.9. The highest BCUT2D eigenvalue weighted by molar-refractivity contribution is 7.89. The van der Waals surface area contributed by atoms with Gasteiger partial charge in [0.25, 0.3) is 0 Å². The number of anilines is 3. The first-order chi connectivity index (χ1) is 14.3. The predicted octanol–water partition coefficient (Wildman–Crippen LogP) is 1.74. The number of piperidine rings is 1. The lowest BCUT2D eigenvalue weighted by molar-refractivity contribution is -0.123. The lowest BCUT2D eigenvalue weighted by Crippen LogP contribution is -2.56. The van der Waals surface area contributed by atoms with Crippen molar-refractivity contribution in [3.63, 3.8) is 0 Å². The van der Waals surface area contributed by atoms with Gasteiger partial charge in [-0.05, 0) is 37.5 Å². The summed E-state index contributed by atoms with van der Waals surface area (Å²) in [5.41, 5.74) is 1.22. The summed E-state index contributed by atoms with van der Waals surface area (Å²) in [5.74, 6) is -0.565. The summed E-state index contributed by atoms with van der Waals surface area (Å²) in [7, 11) is -0.766. The van der Waals surface area contributed by atoms with Gasteiger partial charge in [0.15, 0.2) is 5.13 Å². The molecule has 3 heterocycles. The summed E-state index contributed by atoms with van der Waals surface area (Å²) >= 11 is 1.29. The third-order valence-corrected chi connectivity index (χ3v) is 7.86. The number of fused-ring (bicyclic) bond motifs is 3. The number of hydrogen-bond donors (Lipinski definition) is 1. The summed E-state index contributed by atoms with van der Waals surface area (Å²) in [6, 6.07) is 4.45. The number of aromatic nitrogens is 1. The Morgan fingerprint density at radius 3 is 2.80 bits per heavy atom. The number of thiazole rings is 1. The van der Waals surface area contributed by atoms with Gasteiger partial charge in [0, 0.05) is 32.2 Å². The number of nitrogens with one attached hydrogen (secondary N) is 1. The Kier molecular flexibility index (Phi) is 5.51. The number of carbonyl (C=O) groups is 2. The van der Waals surface area contributed by atoms with E-state index >= 15 is 0 Å². The molecule has 1 aromatic heterocycles. The van der Waals surface area contributed by atoms with Crippen LogP contribution in [-0.4, -0.2) is 62.7 Å². The number of amides is 2. The molecular formula is C19H23N5O4S2. The standard InChI is InChI=1S/C19H23N5O4S2/c1-22(2)30(27,28)13-6-7-14-16(11-13)24(12-17(25)21-19-20-8-10-29-19)18(26)15-5-3-4-9-23(14)15/h6-8,10-11,15H,3-5,9,12H2,1-2H3,(H,20,21,25)/t15-/m1/s1. The van der Waals surface area contributed by atoms with Crippen LogP contribution in [0.15, 0.2) is 34.7 Å². The summed E-state index contributed by atoms with van der Waals surface area (Å²) in [6.07, 6.45) is 4.19. The molecule has 1 N–H and O–H groups in total. The van der Waals surface area contributed by atoms with Gasteiger partial charge in [-0.15, -0.1) is 11.3 Å². The van der Waals surface area contributed by atoms with Gasteiger partial charge in [-0.2, -0.15) is 0 Å². The lowest BCUT2D eigenvalue weighted by atomic mass is 9.96. The number of sulfonamides is 1. The second kappa shape index (κ2) is 7.97. The molecular weight excluding hydrogens is 426 g/mol. The van der Waals surface area contributed by atoms with Crippen LogP contribution in [-0.2, 0) is 19.6 Å². The minimum absolute atomic E-state index is 0.0832. The molecule has 2 aliphatic rings. The van der Waals surface area contributed by atoms with Crippen LogP contribution in [0, 0.1) is 0 Å².